The number of halogens is 2. The molecule has 0 aliphatic heterocycles. The highest BCUT2D eigenvalue weighted by Gasteiger charge is 2.13. The maximum Gasteiger partial charge on any atom is 0.243 e. The first-order valence-electron chi connectivity index (χ1n) is 19.7. The number of imidazole rings is 2. The summed E-state index contributed by atoms with van der Waals surface area (Å²) in [4.78, 5) is 0. The van der Waals surface area contributed by atoms with Gasteiger partial charge in [0.05, 0.1) is 26.3 Å². The topological polar surface area (TPSA) is 76.5 Å². The van der Waals surface area contributed by atoms with Crippen LogP contribution in [0.4, 0.5) is 0 Å². The summed E-state index contributed by atoms with van der Waals surface area (Å²) in [5.74, 6) is 0. The van der Waals surface area contributed by atoms with Crippen LogP contribution in [0.25, 0.3) is 0 Å². The van der Waals surface area contributed by atoms with Crippen LogP contribution in [-0.2, 0) is 35.7 Å². The molecule has 2 heterocycles. The lowest BCUT2D eigenvalue weighted by Gasteiger charge is -2.09. The molecule has 0 aliphatic carbocycles. The lowest BCUT2D eigenvalue weighted by molar-refractivity contribution is -0.703. The molecule has 0 aromatic carbocycles. The Hall–Kier alpha value is -0.780. The van der Waals surface area contributed by atoms with E-state index >= 15 is 0 Å². The molecule has 0 fully saturated rings. The average Bonchev–Trinajstić information content (AvgIpc) is 3.71. The third-order valence-electron chi connectivity index (χ3n) is 9.07. The zero-order valence-electron chi connectivity index (χ0n) is 31.4. The first-order valence-corrected chi connectivity index (χ1v) is 19.7. The minimum Gasteiger partial charge on any atom is -1.00 e. The molecule has 0 saturated heterocycles. The molecule has 0 saturated carbocycles. The van der Waals surface area contributed by atoms with Crippen molar-refractivity contribution in [2.45, 2.75) is 187 Å². The molecule has 2 atom stereocenters. The Morgan fingerprint density at radius 1 is 0.490 bits per heavy atom. The van der Waals surface area contributed by atoms with Crippen LogP contribution in [0.3, 0.4) is 0 Å². The lowest BCUT2D eigenvalue weighted by Crippen LogP contribution is -3.00. The number of nitrogens with zero attached hydrogens (tertiary/aromatic N) is 4. The van der Waals surface area contributed by atoms with Crippen molar-refractivity contribution in [2.24, 2.45) is 0 Å². The molecule has 2 unspecified atom stereocenters. The minimum atomic E-state index is -0.491. The van der Waals surface area contributed by atoms with Crippen LogP contribution in [-0.4, -0.2) is 58.0 Å². The Morgan fingerprint density at radius 2 is 0.816 bits per heavy atom. The normalized spacial score (nSPS) is 12.5. The summed E-state index contributed by atoms with van der Waals surface area (Å²) >= 11 is 0. The number of aliphatic hydroxyl groups is 2. The molecule has 0 bridgehead atoms. The highest BCUT2D eigenvalue weighted by molar-refractivity contribution is 4.70. The molecule has 2 rings (SSSR count). The standard InChI is InChI=1S/C39H74N4O4.2BrH/c1-3-5-7-9-11-13-15-17-19-21-30-46-34-38(44)32-42-28-26-40(36-42)24-23-25-41-27-29-43(37-41)33-39(45)35-47-31-22-20-18-16-14-12-10-8-6-4-2;;/h26-29,36-39,44-45H,3-25,30-35H2,1-2H3;2*1H/q+2;;/p-2. The number of ether oxygens (including phenoxy) is 2. The quantitative estimate of drug-likeness (QED) is 0.0832. The Balaban J connectivity index is 0.0000115. The van der Waals surface area contributed by atoms with E-state index in [4.69, 9.17) is 9.47 Å². The number of aliphatic hydroxyl groups excluding tert-OH is 2. The van der Waals surface area contributed by atoms with Gasteiger partial charge in [0, 0.05) is 19.6 Å². The van der Waals surface area contributed by atoms with E-state index in [0.29, 0.717) is 26.3 Å². The van der Waals surface area contributed by atoms with E-state index in [1.54, 1.807) is 0 Å². The second-order valence-corrected chi connectivity index (χ2v) is 13.9. The van der Waals surface area contributed by atoms with Gasteiger partial charge in [-0.2, -0.15) is 0 Å². The number of aryl methyl sites for hydroxylation is 2. The number of aromatic nitrogens is 4. The number of hydrogen-bond acceptors (Lipinski definition) is 4. The highest BCUT2D eigenvalue weighted by atomic mass is 79.9. The zero-order chi connectivity index (χ0) is 33.6. The Kier molecular flexibility index (Phi) is 33.8. The van der Waals surface area contributed by atoms with E-state index in [-0.39, 0.29) is 34.0 Å². The van der Waals surface area contributed by atoms with E-state index in [0.717, 1.165) is 45.6 Å². The van der Waals surface area contributed by atoms with Gasteiger partial charge in [0.25, 0.3) is 0 Å². The average molecular weight is 823 g/mol. The molecule has 8 nitrogen and oxygen atoms in total. The summed E-state index contributed by atoms with van der Waals surface area (Å²) < 4.78 is 19.9. The largest absolute Gasteiger partial charge is 1.00 e. The van der Waals surface area contributed by atoms with Crippen molar-refractivity contribution in [2.75, 3.05) is 26.4 Å². The first kappa shape index (κ1) is 48.2. The fraction of sp³-hybridized carbons (Fsp3) is 0.846. The van der Waals surface area contributed by atoms with Crippen molar-refractivity contribution in [3.63, 3.8) is 0 Å². The number of rotatable bonds is 34. The summed E-state index contributed by atoms with van der Waals surface area (Å²) in [7, 11) is 0. The lowest BCUT2D eigenvalue weighted by atomic mass is 10.1. The molecule has 0 amide bonds. The van der Waals surface area contributed by atoms with E-state index in [2.05, 4.69) is 48.0 Å². The number of unbranched alkanes of at least 4 members (excludes halogenated alkanes) is 18. The SMILES string of the molecule is CCCCCCCCCCCCOCC(O)C[n+]1ccn(CCCn2cc[n+](CC(O)COCCCCCCCCCCCC)c2)c1.[Br-].[Br-]. The predicted octanol–water partition coefficient (Wildman–Crippen LogP) is 1.56. The molecule has 2 aromatic rings. The van der Waals surface area contributed by atoms with Gasteiger partial charge >= 0.3 is 0 Å². The molecule has 0 aliphatic rings. The third kappa shape index (κ3) is 27.5. The van der Waals surface area contributed by atoms with Crippen LogP contribution in [0.5, 0.6) is 0 Å². The smallest absolute Gasteiger partial charge is 0.243 e. The van der Waals surface area contributed by atoms with Crippen molar-refractivity contribution < 1.29 is 62.8 Å². The van der Waals surface area contributed by atoms with Gasteiger partial charge in [-0.05, 0) is 12.8 Å². The van der Waals surface area contributed by atoms with Gasteiger partial charge in [-0.3, -0.25) is 0 Å². The van der Waals surface area contributed by atoms with Crippen molar-refractivity contribution in [1.29, 1.82) is 0 Å². The van der Waals surface area contributed by atoms with Crippen molar-refractivity contribution in [3.8, 4) is 0 Å². The van der Waals surface area contributed by atoms with Crippen LogP contribution in [0, 0.1) is 0 Å². The molecule has 10 heteroatoms. The monoisotopic (exact) mass is 820 g/mol. The maximum absolute atomic E-state index is 10.4. The minimum absolute atomic E-state index is 0. The van der Waals surface area contributed by atoms with Gasteiger partial charge in [-0.15, -0.1) is 0 Å². The van der Waals surface area contributed by atoms with Crippen LogP contribution in [0.1, 0.15) is 149 Å². The Labute approximate surface area is 321 Å². The maximum atomic E-state index is 10.4. The first-order chi connectivity index (χ1) is 23.1. The van der Waals surface area contributed by atoms with Gasteiger partial charge in [-0.25, -0.2) is 18.3 Å². The summed E-state index contributed by atoms with van der Waals surface area (Å²) in [6, 6.07) is 0. The van der Waals surface area contributed by atoms with Crippen molar-refractivity contribution in [1.82, 2.24) is 9.13 Å². The molecule has 49 heavy (non-hydrogen) atoms. The van der Waals surface area contributed by atoms with Gasteiger partial charge in [-0.1, -0.05) is 129 Å². The zero-order valence-corrected chi connectivity index (χ0v) is 34.6. The van der Waals surface area contributed by atoms with E-state index in [1.807, 2.05) is 21.5 Å². The summed E-state index contributed by atoms with van der Waals surface area (Å²) in [6.07, 6.45) is 38.7. The van der Waals surface area contributed by atoms with E-state index < -0.39 is 12.2 Å². The molecule has 288 valence electrons. The predicted molar refractivity (Wildman–Crippen MR) is 191 cm³/mol. The molecule has 0 spiro atoms. The van der Waals surface area contributed by atoms with Crippen molar-refractivity contribution >= 4 is 0 Å². The fourth-order valence-electron chi connectivity index (χ4n) is 6.21. The van der Waals surface area contributed by atoms with Gasteiger partial charge < -0.3 is 53.6 Å². The summed E-state index contributed by atoms with van der Waals surface area (Å²) in [5, 5.41) is 20.8. The van der Waals surface area contributed by atoms with Gasteiger partial charge in [0.15, 0.2) is 0 Å². The van der Waals surface area contributed by atoms with Crippen LogP contribution in [0.15, 0.2) is 37.4 Å². The highest BCUT2D eigenvalue weighted by Crippen LogP contribution is 2.11. The van der Waals surface area contributed by atoms with Crippen molar-refractivity contribution in [3.05, 3.63) is 37.4 Å². The molecular weight excluding hydrogens is 748 g/mol. The second-order valence-electron chi connectivity index (χ2n) is 13.9. The molecular formula is C39H74Br2N4O4. The third-order valence-corrected chi connectivity index (χ3v) is 9.07. The molecule has 2 N–H and O–H groups in total. The molecule has 2 aromatic heterocycles. The van der Waals surface area contributed by atoms with Gasteiger partial charge in [0.2, 0.25) is 12.7 Å². The summed E-state index contributed by atoms with van der Waals surface area (Å²) in [6.45, 7) is 9.72. The number of hydrogen-bond donors (Lipinski definition) is 2. The van der Waals surface area contributed by atoms with Crippen LogP contribution >= 0.6 is 0 Å². The Morgan fingerprint density at radius 3 is 1.16 bits per heavy atom. The van der Waals surface area contributed by atoms with Crippen LogP contribution < -0.4 is 43.1 Å². The Bertz CT molecular complexity index is 887. The van der Waals surface area contributed by atoms with Gasteiger partial charge in [0.1, 0.15) is 50.1 Å². The molecule has 0 radical (unpaired) electrons. The van der Waals surface area contributed by atoms with Crippen LogP contribution in [0.2, 0.25) is 0 Å². The summed E-state index contributed by atoms with van der Waals surface area (Å²) in [5.41, 5.74) is 0. The van der Waals surface area contributed by atoms with E-state index in [9.17, 15) is 10.2 Å². The second kappa shape index (κ2) is 34.3. The van der Waals surface area contributed by atoms with E-state index in [1.165, 1.54) is 116 Å². The fourth-order valence-corrected chi connectivity index (χ4v) is 6.21.